The van der Waals surface area contributed by atoms with Crippen LogP contribution in [0.25, 0.3) is 0 Å². The first-order chi connectivity index (χ1) is 12.5. The molecule has 2 saturated heterocycles. The molecule has 1 atom stereocenters. The summed E-state index contributed by atoms with van der Waals surface area (Å²) < 4.78 is 1.84. The minimum absolute atomic E-state index is 0.0159. The van der Waals surface area contributed by atoms with E-state index in [-0.39, 0.29) is 30.3 Å². The van der Waals surface area contributed by atoms with Crippen molar-refractivity contribution >= 4 is 11.8 Å². The van der Waals surface area contributed by atoms with Gasteiger partial charge in [0.15, 0.2) is 5.82 Å². The van der Waals surface area contributed by atoms with Crippen LogP contribution in [-0.2, 0) is 23.2 Å². The Morgan fingerprint density at radius 3 is 2.46 bits per heavy atom. The zero-order valence-electron chi connectivity index (χ0n) is 15.7. The van der Waals surface area contributed by atoms with Crippen molar-refractivity contribution in [1.29, 1.82) is 0 Å². The van der Waals surface area contributed by atoms with E-state index in [0.29, 0.717) is 31.9 Å². The van der Waals surface area contributed by atoms with Crippen molar-refractivity contribution in [1.82, 2.24) is 24.6 Å². The summed E-state index contributed by atoms with van der Waals surface area (Å²) in [5.41, 5.74) is 0. The fourth-order valence-corrected chi connectivity index (χ4v) is 4.11. The third kappa shape index (κ3) is 3.75. The van der Waals surface area contributed by atoms with Crippen molar-refractivity contribution in [3.63, 3.8) is 0 Å². The Balaban J connectivity index is 1.60. The highest BCUT2D eigenvalue weighted by molar-refractivity contribution is 5.80. The number of aromatic nitrogens is 3. The second kappa shape index (κ2) is 8.16. The summed E-state index contributed by atoms with van der Waals surface area (Å²) in [5, 5.41) is 17.6. The topological polar surface area (TPSA) is 91.6 Å². The van der Waals surface area contributed by atoms with E-state index in [0.717, 1.165) is 38.1 Å². The van der Waals surface area contributed by atoms with E-state index in [1.54, 1.807) is 0 Å². The number of likely N-dealkylation sites (tertiary alicyclic amines) is 2. The van der Waals surface area contributed by atoms with E-state index in [1.807, 2.05) is 28.3 Å². The molecule has 0 unspecified atom stereocenters. The van der Waals surface area contributed by atoms with Crippen molar-refractivity contribution in [2.45, 2.75) is 51.6 Å². The van der Waals surface area contributed by atoms with Gasteiger partial charge >= 0.3 is 0 Å². The van der Waals surface area contributed by atoms with Gasteiger partial charge in [0.2, 0.25) is 11.8 Å². The lowest BCUT2D eigenvalue weighted by Gasteiger charge is -2.37. The van der Waals surface area contributed by atoms with Gasteiger partial charge in [-0.25, -0.2) is 0 Å². The molecule has 1 aromatic heterocycles. The SMILES string of the molecule is CCC(=O)N1CCC(C(=O)N2CCC[C@H](c3nnc(CO)n3C)C2)CC1. The number of carbonyl (C=O) groups excluding carboxylic acids is 2. The first kappa shape index (κ1) is 18.8. The summed E-state index contributed by atoms with van der Waals surface area (Å²) >= 11 is 0. The van der Waals surface area contributed by atoms with Crippen molar-refractivity contribution in [2.75, 3.05) is 26.2 Å². The molecule has 2 aliphatic heterocycles. The van der Waals surface area contributed by atoms with Crippen LogP contribution in [0.4, 0.5) is 0 Å². The Morgan fingerprint density at radius 1 is 1.12 bits per heavy atom. The molecule has 0 bridgehead atoms. The molecule has 0 aliphatic carbocycles. The predicted octanol–water partition coefficient (Wildman–Crippen LogP) is 0.662. The van der Waals surface area contributed by atoms with Gasteiger partial charge < -0.3 is 19.5 Å². The number of piperidine rings is 2. The summed E-state index contributed by atoms with van der Waals surface area (Å²) in [6.45, 7) is 4.56. The molecule has 2 amide bonds. The molecule has 8 nitrogen and oxygen atoms in total. The van der Waals surface area contributed by atoms with E-state index in [2.05, 4.69) is 10.2 Å². The number of hydrogen-bond acceptors (Lipinski definition) is 5. The highest BCUT2D eigenvalue weighted by Crippen LogP contribution is 2.28. The molecular formula is C18H29N5O3. The van der Waals surface area contributed by atoms with Gasteiger partial charge in [0.1, 0.15) is 12.4 Å². The first-order valence-electron chi connectivity index (χ1n) is 9.60. The number of hydrogen-bond donors (Lipinski definition) is 1. The maximum atomic E-state index is 13.0. The fraction of sp³-hybridized carbons (Fsp3) is 0.778. The monoisotopic (exact) mass is 363 g/mol. The van der Waals surface area contributed by atoms with Crippen LogP contribution in [0.1, 0.15) is 56.6 Å². The molecule has 3 heterocycles. The van der Waals surface area contributed by atoms with Crippen LogP contribution < -0.4 is 0 Å². The predicted molar refractivity (Wildman–Crippen MR) is 95.1 cm³/mol. The van der Waals surface area contributed by atoms with E-state index in [4.69, 9.17) is 0 Å². The number of amides is 2. The van der Waals surface area contributed by atoms with Crippen LogP contribution in [0.3, 0.4) is 0 Å². The Hall–Kier alpha value is -1.96. The van der Waals surface area contributed by atoms with E-state index in [1.165, 1.54) is 0 Å². The molecule has 2 aliphatic rings. The molecule has 1 aromatic rings. The van der Waals surface area contributed by atoms with Gasteiger partial charge in [0, 0.05) is 51.5 Å². The third-order valence-corrected chi connectivity index (χ3v) is 5.74. The Bertz CT molecular complexity index is 651. The number of rotatable bonds is 4. The van der Waals surface area contributed by atoms with Crippen LogP contribution in [0.5, 0.6) is 0 Å². The van der Waals surface area contributed by atoms with E-state index in [9.17, 15) is 14.7 Å². The molecule has 144 valence electrons. The van der Waals surface area contributed by atoms with Gasteiger partial charge in [0.25, 0.3) is 0 Å². The molecule has 0 aromatic carbocycles. The molecule has 3 rings (SSSR count). The maximum Gasteiger partial charge on any atom is 0.225 e. The Labute approximate surface area is 154 Å². The van der Waals surface area contributed by atoms with E-state index < -0.39 is 0 Å². The molecule has 26 heavy (non-hydrogen) atoms. The third-order valence-electron chi connectivity index (χ3n) is 5.74. The zero-order valence-corrected chi connectivity index (χ0v) is 15.7. The summed E-state index contributed by atoms with van der Waals surface area (Å²) in [7, 11) is 1.86. The highest BCUT2D eigenvalue weighted by Gasteiger charge is 2.33. The molecule has 0 saturated carbocycles. The number of aliphatic hydroxyl groups is 1. The second-order valence-electron chi connectivity index (χ2n) is 7.32. The smallest absolute Gasteiger partial charge is 0.225 e. The Morgan fingerprint density at radius 2 is 1.85 bits per heavy atom. The van der Waals surface area contributed by atoms with Crippen molar-refractivity contribution in [3.8, 4) is 0 Å². The first-order valence-corrected chi connectivity index (χ1v) is 9.60. The van der Waals surface area contributed by atoms with Gasteiger partial charge in [-0.2, -0.15) is 0 Å². The van der Waals surface area contributed by atoms with Crippen LogP contribution in [0, 0.1) is 5.92 Å². The molecular weight excluding hydrogens is 334 g/mol. The zero-order chi connectivity index (χ0) is 18.7. The van der Waals surface area contributed by atoms with Crippen LogP contribution in [0.15, 0.2) is 0 Å². The van der Waals surface area contributed by atoms with Gasteiger partial charge in [-0.05, 0) is 25.7 Å². The van der Waals surface area contributed by atoms with Gasteiger partial charge in [-0.3, -0.25) is 9.59 Å². The summed E-state index contributed by atoms with van der Waals surface area (Å²) in [6, 6.07) is 0. The number of nitrogens with zero attached hydrogens (tertiary/aromatic N) is 5. The minimum Gasteiger partial charge on any atom is -0.388 e. The fourth-order valence-electron chi connectivity index (χ4n) is 4.11. The largest absolute Gasteiger partial charge is 0.388 e. The lowest BCUT2D eigenvalue weighted by Crippen LogP contribution is -2.47. The van der Waals surface area contributed by atoms with Crippen LogP contribution in [-0.4, -0.2) is 67.7 Å². The molecule has 2 fully saturated rings. The number of aliphatic hydroxyl groups excluding tert-OH is 1. The lowest BCUT2D eigenvalue weighted by molar-refractivity contribution is -0.141. The minimum atomic E-state index is -0.131. The average Bonchev–Trinajstić information content (AvgIpc) is 3.07. The van der Waals surface area contributed by atoms with Gasteiger partial charge in [-0.1, -0.05) is 6.92 Å². The normalized spacial score (nSPS) is 21.9. The molecule has 8 heteroatoms. The molecule has 1 N–H and O–H groups in total. The summed E-state index contributed by atoms with van der Waals surface area (Å²) in [4.78, 5) is 28.6. The van der Waals surface area contributed by atoms with E-state index >= 15 is 0 Å². The summed E-state index contributed by atoms with van der Waals surface area (Å²) in [6.07, 6.45) is 3.96. The lowest BCUT2D eigenvalue weighted by atomic mass is 9.91. The van der Waals surface area contributed by atoms with Crippen LogP contribution in [0.2, 0.25) is 0 Å². The molecule has 0 spiro atoms. The van der Waals surface area contributed by atoms with Crippen LogP contribution >= 0.6 is 0 Å². The van der Waals surface area contributed by atoms with Crippen molar-refractivity contribution in [3.05, 3.63) is 11.6 Å². The molecule has 0 radical (unpaired) electrons. The average molecular weight is 363 g/mol. The van der Waals surface area contributed by atoms with Gasteiger partial charge in [0.05, 0.1) is 0 Å². The van der Waals surface area contributed by atoms with Crippen molar-refractivity contribution < 1.29 is 14.7 Å². The Kier molecular flexibility index (Phi) is 5.90. The standard InChI is InChI=1S/C18H29N5O3/c1-3-16(25)22-9-6-13(7-10-22)18(26)23-8-4-5-14(11-23)17-20-19-15(12-24)21(17)2/h13-14,24H,3-12H2,1-2H3/t14-/m0/s1. The summed E-state index contributed by atoms with van der Waals surface area (Å²) in [5.74, 6) is 1.96. The van der Waals surface area contributed by atoms with Crippen molar-refractivity contribution in [2.24, 2.45) is 13.0 Å². The highest BCUT2D eigenvalue weighted by atomic mass is 16.3. The maximum absolute atomic E-state index is 13.0. The quantitative estimate of drug-likeness (QED) is 0.849. The van der Waals surface area contributed by atoms with Gasteiger partial charge in [-0.15, -0.1) is 10.2 Å². The number of carbonyl (C=O) groups is 2. The second-order valence-corrected chi connectivity index (χ2v) is 7.32.